The molecule has 1 aliphatic rings. The van der Waals surface area contributed by atoms with E-state index in [-0.39, 0.29) is 0 Å². The molecule has 0 aliphatic heterocycles. The van der Waals surface area contributed by atoms with Crippen molar-refractivity contribution in [2.45, 2.75) is 46.1 Å². The van der Waals surface area contributed by atoms with Gasteiger partial charge in [0.05, 0.1) is 0 Å². The SMILES string of the molecule is C[C@H]1C[C@H](N)CC(C)(C)C1. The molecule has 1 aliphatic carbocycles. The predicted octanol–water partition coefficient (Wildman–Crippen LogP) is 2.16. The van der Waals surface area contributed by atoms with Crippen LogP contribution in [-0.4, -0.2) is 6.04 Å². The Bertz CT molecular complexity index is 106. The highest BCUT2D eigenvalue weighted by molar-refractivity contribution is 4.84. The summed E-state index contributed by atoms with van der Waals surface area (Å²) in [4.78, 5) is 0. The van der Waals surface area contributed by atoms with E-state index >= 15 is 0 Å². The molecule has 0 aromatic rings. The van der Waals surface area contributed by atoms with Crippen LogP contribution in [0.5, 0.6) is 0 Å². The molecule has 2 atom stereocenters. The summed E-state index contributed by atoms with van der Waals surface area (Å²) in [5.74, 6) is 0.832. The van der Waals surface area contributed by atoms with E-state index in [0.717, 1.165) is 5.92 Å². The molecule has 1 rings (SSSR count). The zero-order valence-corrected chi connectivity index (χ0v) is 7.35. The molecule has 10 heavy (non-hydrogen) atoms. The summed E-state index contributed by atoms with van der Waals surface area (Å²) in [5, 5.41) is 0. The second-order valence-corrected chi connectivity index (χ2v) is 4.67. The summed E-state index contributed by atoms with van der Waals surface area (Å²) in [6.07, 6.45) is 3.78. The normalized spacial score (nSPS) is 39.6. The smallest absolute Gasteiger partial charge is 0.00464 e. The van der Waals surface area contributed by atoms with E-state index in [1.807, 2.05) is 0 Å². The maximum Gasteiger partial charge on any atom is 0.00464 e. The Hall–Kier alpha value is -0.0400. The summed E-state index contributed by atoms with van der Waals surface area (Å²) in [6, 6.07) is 0.457. The van der Waals surface area contributed by atoms with Gasteiger partial charge in [-0.25, -0.2) is 0 Å². The average Bonchev–Trinajstić information content (AvgIpc) is 1.54. The summed E-state index contributed by atoms with van der Waals surface area (Å²) >= 11 is 0. The molecule has 1 heteroatoms. The first kappa shape index (κ1) is 8.06. The Morgan fingerprint density at radius 1 is 1.30 bits per heavy atom. The summed E-state index contributed by atoms with van der Waals surface area (Å²) in [7, 11) is 0. The summed E-state index contributed by atoms with van der Waals surface area (Å²) < 4.78 is 0. The first-order chi connectivity index (χ1) is 4.49. The van der Waals surface area contributed by atoms with Gasteiger partial charge in [0, 0.05) is 6.04 Å². The average molecular weight is 141 g/mol. The van der Waals surface area contributed by atoms with Crippen molar-refractivity contribution in [3.8, 4) is 0 Å². The predicted molar refractivity (Wildman–Crippen MR) is 44.8 cm³/mol. The maximum atomic E-state index is 5.90. The van der Waals surface area contributed by atoms with Gasteiger partial charge in [0.25, 0.3) is 0 Å². The fraction of sp³-hybridized carbons (Fsp3) is 1.00. The Kier molecular flexibility index (Phi) is 2.04. The highest BCUT2D eigenvalue weighted by Gasteiger charge is 2.29. The van der Waals surface area contributed by atoms with E-state index < -0.39 is 0 Å². The van der Waals surface area contributed by atoms with Crippen molar-refractivity contribution in [1.29, 1.82) is 0 Å². The number of hydrogen-bond donors (Lipinski definition) is 1. The van der Waals surface area contributed by atoms with Gasteiger partial charge in [-0.1, -0.05) is 20.8 Å². The van der Waals surface area contributed by atoms with Gasteiger partial charge in [0.2, 0.25) is 0 Å². The molecule has 2 N–H and O–H groups in total. The lowest BCUT2D eigenvalue weighted by Gasteiger charge is -2.37. The number of nitrogens with two attached hydrogens (primary N) is 1. The van der Waals surface area contributed by atoms with Gasteiger partial charge in [-0.3, -0.25) is 0 Å². The van der Waals surface area contributed by atoms with Crippen LogP contribution in [0.2, 0.25) is 0 Å². The van der Waals surface area contributed by atoms with Crippen LogP contribution in [0.3, 0.4) is 0 Å². The Labute approximate surface area is 64.0 Å². The van der Waals surface area contributed by atoms with Crippen LogP contribution >= 0.6 is 0 Å². The molecule has 1 saturated carbocycles. The summed E-state index contributed by atoms with van der Waals surface area (Å²) in [6.45, 7) is 6.95. The molecule has 0 aromatic carbocycles. The topological polar surface area (TPSA) is 26.0 Å². The first-order valence-electron chi connectivity index (χ1n) is 4.25. The Morgan fingerprint density at radius 3 is 2.30 bits per heavy atom. The second kappa shape index (κ2) is 2.54. The zero-order chi connectivity index (χ0) is 7.78. The molecular formula is C9H19N. The van der Waals surface area contributed by atoms with Crippen molar-refractivity contribution in [2.75, 3.05) is 0 Å². The molecule has 0 saturated heterocycles. The molecule has 60 valence electrons. The third-order valence-corrected chi connectivity index (χ3v) is 2.42. The highest BCUT2D eigenvalue weighted by atomic mass is 14.7. The minimum atomic E-state index is 0.457. The Balaban J connectivity index is 2.51. The van der Waals surface area contributed by atoms with Gasteiger partial charge in [-0.2, -0.15) is 0 Å². The number of hydrogen-bond acceptors (Lipinski definition) is 1. The van der Waals surface area contributed by atoms with Gasteiger partial charge in [-0.05, 0) is 30.6 Å². The Morgan fingerprint density at radius 2 is 1.90 bits per heavy atom. The quantitative estimate of drug-likeness (QED) is 0.549. The van der Waals surface area contributed by atoms with Crippen LogP contribution in [0.15, 0.2) is 0 Å². The van der Waals surface area contributed by atoms with Gasteiger partial charge < -0.3 is 5.73 Å². The van der Waals surface area contributed by atoms with Crippen molar-refractivity contribution < 1.29 is 0 Å². The van der Waals surface area contributed by atoms with Crippen molar-refractivity contribution >= 4 is 0 Å². The van der Waals surface area contributed by atoms with E-state index in [1.165, 1.54) is 19.3 Å². The van der Waals surface area contributed by atoms with Crippen LogP contribution in [0, 0.1) is 11.3 Å². The van der Waals surface area contributed by atoms with E-state index in [1.54, 1.807) is 0 Å². The highest BCUT2D eigenvalue weighted by Crippen LogP contribution is 2.37. The maximum absolute atomic E-state index is 5.90. The fourth-order valence-electron chi connectivity index (χ4n) is 2.42. The monoisotopic (exact) mass is 141 g/mol. The van der Waals surface area contributed by atoms with E-state index in [9.17, 15) is 0 Å². The van der Waals surface area contributed by atoms with Gasteiger partial charge in [0.1, 0.15) is 0 Å². The van der Waals surface area contributed by atoms with Crippen molar-refractivity contribution in [2.24, 2.45) is 17.1 Å². The van der Waals surface area contributed by atoms with Crippen LogP contribution < -0.4 is 5.73 Å². The van der Waals surface area contributed by atoms with Crippen molar-refractivity contribution in [1.82, 2.24) is 0 Å². The fourth-order valence-corrected chi connectivity index (χ4v) is 2.42. The van der Waals surface area contributed by atoms with Crippen molar-refractivity contribution in [3.63, 3.8) is 0 Å². The van der Waals surface area contributed by atoms with Gasteiger partial charge >= 0.3 is 0 Å². The minimum Gasteiger partial charge on any atom is -0.328 e. The molecule has 0 heterocycles. The third-order valence-electron chi connectivity index (χ3n) is 2.42. The molecule has 0 amide bonds. The van der Waals surface area contributed by atoms with Gasteiger partial charge in [-0.15, -0.1) is 0 Å². The molecule has 0 aromatic heterocycles. The minimum absolute atomic E-state index is 0.457. The van der Waals surface area contributed by atoms with Crippen LogP contribution in [-0.2, 0) is 0 Å². The lowest BCUT2D eigenvalue weighted by atomic mass is 9.71. The standard InChI is InChI=1S/C9H19N/c1-7-4-8(10)6-9(2,3)5-7/h7-8H,4-6,10H2,1-3H3/t7-,8-/m0/s1. The van der Waals surface area contributed by atoms with Crippen LogP contribution in [0.1, 0.15) is 40.0 Å². The largest absolute Gasteiger partial charge is 0.328 e. The van der Waals surface area contributed by atoms with Gasteiger partial charge in [0.15, 0.2) is 0 Å². The molecular weight excluding hydrogens is 122 g/mol. The van der Waals surface area contributed by atoms with E-state index in [0.29, 0.717) is 11.5 Å². The first-order valence-corrected chi connectivity index (χ1v) is 4.25. The lowest BCUT2D eigenvalue weighted by Crippen LogP contribution is -2.36. The van der Waals surface area contributed by atoms with Crippen molar-refractivity contribution in [3.05, 3.63) is 0 Å². The molecule has 0 unspecified atom stereocenters. The molecule has 1 nitrogen and oxygen atoms in total. The lowest BCUT2D eigenvalue weighted by molar-refractivity contribution is 0.170. The molecule has 0 radical (unpaired) electrons. The third kappa shape index (κ3) is 1.98. The van der Waals surface area contributed by atoms with Crippen LogP contribution in [0.25, 0.3) is 0 Å². The molecule has 1 fully saturated rings. The van der Waals surface area contributed by atoms with Crippen LogP contribution in [0.4, 0.5) is 0 Å². The second-order valence-electron chi connectivity index (χ2n) is 4.67. The van der Waals surface area contributed by atoms with E-state index in [4.69, 9.17) is 5.73 Å². The zero-order valence-electron chi connectivity index (χ0n) is 7.35. The molecule has 0 bridgehead atoms. The summed E-state index contributed by atoms with van der Waals surface area (Å²) in [5.41, 5.74) is 6.40. The van der Waals surface area contributed by atoms with E-state index in [2.05, 4.69) is 20.8 Å². The molecule has 0 spiro atoms. The number of rotatable bonds is 0.